The van der Waals surface area contributed by atoms with Crippen molar-refractivity contribution in [2.75, 3.05) is 0 Å². The second kappa shape index (κ2) is 6.08. The summed E-state index contributed by atoms with van der Waals surface area (Å²) in [7, 11) is -3.91. The molecule has 0 atom stereocenters. The molecule has 0 saturated heterocycles. The van der Waals surface area contributed by atoms with E-state index in [9.17, 15) is 12.8 Å². The molecule has 0 bridgehead atoms. The maximum atomic E-state index is 13.1. The second-order valence-corrected chi connectivity index (χ2v) is 6.44. The van der Waals surface area contributed by atoms with Gasteiger partial charge in [-0.3, -0.25) is 0 Å². The van der Waals surface area contributed by atoms with Crippen LogP contribution in [-0.4, -0.2) is 8.42 Å². The Hall–Kier alpha value is -2.16. The summed E-state index contributed by atoms with van der Waals surface area (Å²) in [6.07, 6.45) is 1.16. The monoisotopic (exact) mass is 321 g/mol. The van der Waals surface area contributed by atoms with E-state index in [1.807, 2.05) is 0 Å². The van der Waals surface area contributed by atoms with Crippen LogP contribution < -0.4 is 0 Å². The number of allylic oxidation sites excluding steroid dienone is 1. The van der Waals surface area contributed by atoms with Gasteiger partial charge in [0, 0.05) is 0 Å². The topological polar surface area (TPSA) is 57.9 Å². The first-order valence-electron chi connectivity index (χ1n) is 5.82. The van der Waals surface area contributed by atoms with Gasteiger partial charge in [-0.2, -0.15) is 5.26 Å². The molecule has 0 fully saturated rings. The maximum absolute atomic E-state index is 13.1. The largest absolute Gasteiger partial charge is 0.218 e. The Labute approximate surface area is 126 Å². The molecule has 0 aliphatic heterocycles. The summed E-state index contributed by atoms with van der Waals surface area (Å²) in [6.45, 7) is 0. The Kier molecular flexibility index (Phi) is 4.41. The van der Waals surface area contributed by atoms with Gasteiger partial charge in [0.2, 0.25) is 9.84 Å². The molecule has 3 nitrogen and oxygen atoms in total. The van der Waals surface area contributed by atoms with Crippen LogP contribution in [0.3, 0.4) is 0 Å². The lowest BCUT2D eigenvalue weighted by atomic mass is 10.2. The lowest BCUT2D eigenvalue weighted by molar-refractivity contribution is 0.603. The zero-order valence-electron chi connectivity index (χ0n) is 10.6. The van der Waals surface area contributed by atoms with E-state index in [-0.39, 0.29) is 9.92 Å². The normalized spacial score (nSPS) is 12.0. The number of hydrogen-bond donors (Lipinski definition) is 0. The Morgan fingerprint density at radius 2 is 1.86 bits per heavy atom. The minimum atomic E-state index is -3.91. The molecule has 0 radical (unpaired) electrons. The van der Waals surface area contributed by atoms with Crippen molar-refractivity contribution >= 4 is 27.5 Å². The zero-order chi connectivity index (χ0) is 15.5. The minimum absolute atomic E-state index is 0.0195. The van der Waals surface area contributed by atoms with Crippen LogP contribution in [0, 0.1) is 17.1 Å². The van der Waals surface area contributed by atoms with E-state index in [1.54, 1.807) is 24.3 Å². The summed E-state index contributed by atoms with van der Waals surface area (Å²) in [4.78, 5) is -0.414. The van der Waals surface area contributed by atoms with Crippen molar-refractivity contribution in [1.29, 1.82) is 5.26 Å². The molecule has 0 aliphatic carbocycles. The van der Waals surface area contributed by atoms with Gasteiger partial charge < -0.3 is 0 Å². The molecule has 0 saturated carbocycles. The summed E-state index contributed by atoms with van der Waals surface area (Å²) >= 11 is 5.64. The highest BCUT2D eigenvalue weighted by Gasteiger charge is 2.20. The van der Waals surface area contributed by atoms with Crippen LogP contribution in [-0.2, 0) is 9.84 Å². The van der Waals surface area contributed by atoms with Crippen LogP contribution in [0.2, 0.25) is 5.02 Å². The highest BCUT2D eigenvalue weighted by Crippen LogP contribution is 2.23. The molecule has 0 amide bonds. The molecule has 2 aromatic carbocycles. The fraction of sp³-hybridized carbons (Fsp3) is 0. The molecule has 0 spiro atoms. The Bertz CT molecular complexity index is 840. The van der Waals surface area contributed by atoms with Crippen molar-refractivity contribution in [3.8, 4) is 6.07 Å². The van der Waals surface area contributed by atoms with Crippen molar-refractivity contribution in [3.63, 3.8) is 0 Å². The predicted molar refractivity (Wildman–Crippen MR) is 78.6 cm³/mol. The first-order chi connectivity index (χ1) is 9.95. The third-order valence-corrected chi connectivity index (χ3v) is 4.67. The molecule has 0 N–H and O–H groups in total. The van der Waals surface area contributed by atoms with Crippen molar-refractivity contribution in [2.45, 2.75) is 4.90 Å². The van der Waals surface area contributed by atoms with E-state index in [2.05, 4.69) is 0 Å². The van der Waals surface area contributed by atoms with Gasteiger partial charge in [0.1, 0.15) is 16.8 Å². The van der Waals surface area contributed by atoms with Gasteiger partial charge in [-0.1, -0.05) is 35.9 Å². The van der Waals surface area contributed by atoms with Crippen LogP contribution >= 0.6 is 11.6 Å². The van der Waals surface area contributed by atoms with Crippen molar-refractivity contribution in [2.24, 2.45) is 0 Å². The number of nitriles is 1. The Balaban J connectivity index is 2.51. The molecule has 0 aromatic heterocycles. The van der Waals surface area contributed by atoms with Crippen LogP contribution in [0.5, 0.6) is 0 Å². The molecule has 0 heterocycles. The SMILES string of the molecule is N#C/C(=C/c1ccc(F)c(Cl)c1)S(=O)(=O)c1ccccc1. The van der Waals surface area contributed by atoms with E-state index in [4.69, 9.17) is 16.9 Å². The summed E-state index contributed by atoms with van der Waals surface area (Å²) < 4.78 is 37.7. The van der Waals surface area contributed by atoms with Crippen molar-refractivity contribution < 1.29 is 12.8 Å². The summed E-state index contributed by atoms with van der Waals surface area (Å²) in [5, 5.41) is 8.96. The van der Waals surface area contributed by atoms with Crippen LogP contribution in [0.25, 0.3) is 6.08 Å². The van der Waals surface area contributed by atoms with Gasteiger partial charge in [0.15, 0.2) is 0 Å². The fourth-order valence-electron chi connectivity index (χ4n) is 1.65. The number of rotatable bonds is 3. The lowest BCUT2D eigenvalue weighted by Crippen LogP contribution is -2.03. The summed E-state index contributed by atoms with van der Waals surface area (Å²) in [5.74, 6) is -0.613. The molecule has 2 rings (SSSR count). The number of sulfone groups is 1. The average Bonchev–Trinajstić information content (AvgIpc) is 2.49. The van der Waals surface area contributed by atoms with E-state index in [0.717, 1.165) is 12.1 Å². The Morgan fingerprint density at radius 3 is 2.43 bits per heavy atom. The highest BCUT2D eigenvalue weighted by atomic mass is 35.5. The smallest absolute Gasteiger partial charge is 0.216 e. The first-order valence-corrected chi connectivity index (χ1v) is 7.68. The minimum Gasteiger partial charge on any atom is -0.218 e. The molecule has 2 aromatic rings. The highest BCUT2D eigenvalue weighted by molar-refractivity contribution is 7.95. The molecular weight excluding hydrogens is 313 g/mol. The van der Waals surface area contributed by atoms with Gasteiger partial charge in [0.25, 0.3) is 0 Å². The molecule has 0 aliphatic rings. The van der Waals surface area contributed by atoms with Gasteiger partial charge in [0.05, 0.1) is 9.92 Å². The van der Waals surface area contributed by atoms with Crippen molar-refractivity contribution in [3.05, 3.63) is 69.8 Å². The lowest BCUT2D eigenvalue weighted by Gasteiger charge is -2.03. The summed E-state index contributed by atoms with van der Waals surface area (Å²) in [6, 6.07) is 13.0. The van der Waals surface area contributed by atoms with Crippen molar-refractivity contribution in [1.82, 2.24) is 0 Å². The van der Waals surface area contributed by atoms with E-state index in [0.29, 0.717) is 5.56 Å². The zero-order valence-corrected chi connectivity index (χ0v) is 12.2. The molecule has 6 heteroatoms. The van der Waals surface area contributed by atoms with Gasteiger partial charge >= 0.3 is 0 Å². The van der Waals surface area contributed by atoms with Crippen LogP contribution in [0.15, 0.2) is 58.3 Å². The molecule has 0 unspecified atom stereocenters. The van der Waals surface area contributed by atoms with E-state index >= 15 is 0 Å². The van der Waals surface area contributed by atoms with E-state index < -0.39 is 20.6 Å². The fourth-order valence-corrected chi connectivity index (χ4v) is 3.02. The quantitative estimate of drug-likeness (QED) is 0.807. The van der Waals surface area contributed by atoms with Gasteiger partial charge in [-0.05, 0) is 35.9 Å². The standard InChI is InChI=1S/C15H9ClFNO2S/c16-14-9-11(6-7-15(14)17)8-13(10-18)21(19,20)12-4-2-1-3-5-12/h1-9H/b13-8-. The Morgan fingerprint density at radius 1 is 1.19 bits per heavy atom. The number of nitrogens with zero attached hydrogens (tertiary/aromatic N) is 1. The third kappa shape index (κ3) is 3.30. The van der Waals surface area contributed by atoms with Crippen LogP contribution in [0.1, 0.15) is 5.56 Å². The van der Waals surface area contributed by atoms with Gasteiger partial charge in [-0.25, -0.2) is 12.8 Å². The second-order valence-electron chi connectivity index (χ2n) is 4.11. The first kappa shape index (κ1) is 15.2. The predicted octanol–water partition coefficient (Wildman–Crippen LogP) is 3.82. The molecular formula is C15H9ClFNO2S. The van der Waals surface area contributed by atoms with E-state index in [1.165, 1.54) is 24.3 Å². The summed E-state index contributed by atoms with van der Waals surface area (Å²) in [5.41, 5.74) is 0.331. The average molecular weight is 322 g/mol. The molecule has 106 valence electrons. The number of hydrogen-bond acceptors (Lipinski definition) is 3. The molecule has 21 heavy (non-hydrogen) atoms. The number of halogens is 2. The van der Waals surface area contributed by atoms with Gasteiger partial charge in [-0.15, -0.1) is 0 Å². The maximum Gasteiger partial charge on any atom is 0.216 e. The number of benzene rings is 2. The van der Waals surface area contributed by atoms with Crippen LogP contribution in [0.4, 0.5) is 4.39 Å². The third-order valence-electron chi connectivity index (χ3n) is 2.69.